The first kappa shape index (κ1) is 39.5. The molecule has 11 heteroatoms. The summed E-state index contributed by atoms with van der Waals surface area (Å²) in [5.41, 5.74) is 7.46. The number of hydrogen-bond acceptors (Lipinski definition) is 9. The third-order valence-electron chi connectivity index (χ3n) is 10.6. The molecule has 0 radical (unpaired) electrons. The predicted molar refractivity (Wildman–Crippen MR) is 233 cm³/mol. The van der Waals surface area contributed by atoms with Crippen molar-refractivity contribution >= 4 is 32.7 Å². The van der Waals surface area contributed by atoms with Crippen molar-refractivity contribution in [2.75, 3.05) is 5.75 Å². The van der Waals surface area contributed by atoms with Crippen molar-refractivity contribution in [1.82, 2.24) is 14.7 Å². The predicted octanol–water partition coefficient (Wildman–Crippen LogP) is 10.3. The highest BCUT2D eigenvalue weighted by atomic mass is 32.2. The van der Waals surface area contributed by atoms with Gasteiger partial charge in [-0.25, -0.2) is 18.1 Å². The lowest BCUT2D eigenvalue weighted by Gasteiger charge is -2.43. The van der Waals surface area contributed by atoms with E-state index in [0.717, 1.165) is 50.0 Å². The van der Waals surface area contributed by atoms with Crippen LogP contribution in [-0.4, -0.2) is 35.3 Å². The zero-order valence-corrected chi connectivity index (χ0v) is 34.0. The van der Waals surface area contributed by atoms with Crippen LogP contribution in [0.3, 0.4) is 0 Å². The quantitative estimate of drug-likeness (QED) is 0.109. The minimum absolute atomic E-state index is 0.0632. The van der Waals surface area contributed by atoms with Crippen LogP contribution in [0.2, 0.25) is 0 Å². The van der Waals surface area contributed by atoms with Gasteiger partial charge in [0, 0.05) is 46.5 Å². The molecule has 4 atom stereocenters. The van der Waals surface area contributed by atoms with E-state index in [2.05, 4.69) is 21.8 Å². The molecule has 1 aliphatic heterocycles. The van der Waals surface area contributed by atoms with E-state index in [9.17, 15) is 13.5 Å². The number of nitrogens with one attached hydrogen (secondary N) is 1. The fraction of sp³-hybridized carbons (Fsp3) is 0.143. The maximum atomic E-state index is 13.4. The second-order valence-electron chi connectivity index (χ2n) is 14.5. The first-order chi connectivity index (χ1) is 29.4. The van der Waals surface area contributed by atoms with Crippen molar-refractivity contribution in [3.05, 3.63) is 204 Å². The summed E-state index contributed by atoms with van der Waals surface area (Å²) in [7, 11) is -3.85. The first-order valence-corrected chi connectivity index (χ1v) is 22.1. The Kier molecular flexibility index (Phi) is 11.7. The Morgan fingerprint density at radius 3 is 2.02 bits per heavy atom. The fourth-order valence-electron chi connectivity index (χ4n) is 7.59. The molecule has 1 unspecified atom stereocenters. The number of ether oxygens (including phenoxy) is 2. The number of aliphatic hydroxyl groups excluding tert-OH is 1. The van der Waals surface area contributed by atoms with Crippen LogP contribution >= 0.6 is 11.8 Å². The summed E-state index contributed by atoms with van der Waals surface area (Å²) in [6, 6.07) is 54.5. The molecule has 300 valence electrons. The van der Waals surface area contributed by atoms with Gasteiger partial charge in [-0.1, -0.05) is 169 Å². The van der Waals surface area contributed by atoms with Crippen molar-refractivity contribution in [3.8, 4) is 22.6 Å². The van der Waals surface area contributed by atoms with E-state index < -0.39 is 22.4 Å². The number of oxazole rings is 1. The molecule has 1 saturated heterocycles. The Labute approximate surface area is 353 Å². The smallest absolute Gasteiger partial charge is 0.256 e. The Morgan fingerprint density at radius 2 is 1.30 bits per heavy atom. The summed E-state index contributed by atoms with van der Waals surface area (Å²) in [6.07, 6.45) is 0.0450. The van der Waals surface area contributed by atoms with Crippen molar-refractivity contribution in [2.24, 2.45) is 0 Å². The Morgan fingerprint density at radius 1 is 0.650 bits per heavy atom. The van der Waals surface area contributed by atoms with E-state index in [1.807, 2.05) is 140 Å². The zero-order valence-electron chi connectivity index (χ0n) is 32.4. The molecule has 6 aromatic carbocycles. The molecule has 0 saturated carbocycles. The van der Waals surface area contributed by atoms with Crippen molar-refractivity contribution < 1.29 is 27.4 Å². The number of fused-ring (bicyclic) bond motifs is 1. The third kappa shape index (κ3) is 8.55. The number of para-hydroxylation sites is 1. The van der Waals surface area contributed by atoms with E-state index in [1.54, 1.807) is 24.4 Å². The Bertz CT molecular complexity index is 2730. The van der Waals surface area contributed by atoms with Crippen LogP contribution in [-0.2, 0) is 32.6 Å². The van der Waals surface area contributed by atoms with E-state index in [-0.39, 0.29) is 30.1 Å². The van der Waals surface area contributed by atoms with Crippen LogP contribution in [0.1, 0.15) is 46.1 Å². The summed E-state index contributed by atoms with van der Waals surface area (Å²) < 4.78 is 50.0. The number of aliphatic hydroxyl groups is 1. The lowest BCUT2D eigenvalue weighted by atomic mass is 9.84. The monoisotopic (exact) mass is 831 g/mol. The van der Waals surface area contributed by atoms with Gasteiger partial charge in [-0.15, -0.1) is 0 Å². The van der Waals surface area contributed by atoms with Gasteiger partial charge in [0.1, 0.15) is 10.6 Å². The van der Waals surface area contributed by atoms with Crippen molar-refractivity contribution in [3.63, 3.8) is 0 Å². The summed E-state index contributed by atoms with van der Waals surface area (Å²) >= 11 is 1.50. The molecular weight excluding hydrogens is 791 g/mol. The standard InChI is InChI=1S/C49H41N3O6S2/c53-31-34-23-25-39(26-24-34)46-43(35-12-4-1-5-13-35)41(32-59-49-52-45(37-14-6-2-7-15-37)47(58-49)38-16-8-3-9-17-38)56-48(57-46)40-27-21-33(22-28-40)30-51-60(54,55)42-20-10-18-36-19-11-29-50-44(36)42/h1-29,41,43,46,48,51,53H,30-32H2/t41-,43-,46+,48?/m1/s1. The van der Waals surface area contributed by atoms with Crippen LogP contribution in [0, 0.1) is 0 Å². The van der Waals surface area contributed by atoms with Gasteiger partial charge in [0.15, 0.2) is 12.1 Å². The molecule has 0 amide bonds. The molecule has 60 heavy (non-hydrogen) atoms. The maximum Gasteiger partial charge on any atom is 0.256 e. The van der Waals surface area contributed by atoms with Gasteiger partial charge in [0.25, 0.3) is 5.22 Å². The number of rotatable bonds is 13. The number of sulfonamides is 1. The van der Waals surface area contributed by atoms with Gasteiger partial charge in [-0.3, -0.25) is 4.98 Å². The molecule has 0 bridgehead atoms. The second-order valence-corrected chi connectivity index (χ2v) is 17.2. The second kappa shape index (κ2) is 17.7. The number of nitrogens with zero attached hydrogens (tertiary/aromatic N) is 2. The number of pyridine rings is 1. The molecule has 9 nitrogen and oxygen atoms in total. The van der Waals surface area contributed by atoms with Crippen LogP contribution in [0.15, 0.2) is 191 Å². The normalized spacial score (nSPS) is 18.1. The molecule has 3 heterocycles. The van der Waals surface area contributed by atoms with Gasteiger partial charge >= 0.3 is 0 Å². The van der Waals surface area contributed by atoms with Gasteiger partial charge in [0.2, 0.25) is 10.0 Å². The van der Waals surface area contributed by atoms with Crippen molar-refractivity contribution in [1.29, 1.82) is 0 Å². The number of thioether (sulfide) groups is 1. The van der Waals surface area contributed by atoms with Gasteiger partial charge in [0.05, 0.1) is 24.3 Å². The van der Waals surface area contributed by atoms with Crippen LogP contribution < -0.4 is 4.72 Å². The molecule has 2 aromatic heterocycles. The fourth-order valence-corrected chi connectivity index (χ4v) is 9.67. The summed E-state index contributed by atoms with van der Waals surface area (Å²) in [6.45, 7) is 0.0197. The van der Waals surface area contributed by atoms with E-state index >= 15 is 0 Å². The molecule has 0 aliphatic carbocycles. The first-order valence-electron chi connectivity index (χ1n) is 19.7. The topological polar surface area (TPSA) is 124 Å². The van der Waals surface area contributed by atoms with Crippen molar-refractivity contribution in [2.45, 2.75) is 47.7 Å². The average molecular weight is 832 g/mol. The van der Waals surface area contributed by atoms with Gasteiger partial charge in [-0.05, 0) is 34.4 Å². The number of aromatic nitrogens is 2. The molecule has 2 N–H and O–H groups in total. The largest absolute Gasteiger partial charge is 0.431 e. The lowest BCUT2D eigenvalue weighted by Crippen LogP contribution is -2.38. The maximum absolute atomic E-state index is 13.4. The number of hydrogen-bond donors (Lipinski definition) is 2. The molecule has 1 aliphatic rings. The highest BCUT2D eigenvalue weighted by Gasteiger charge is 2.42. The van der Waals surface area contributed by atoms with Gasteiger partial charge < -0.3 is 19.0 Å². The SMILES string of the molecule is O=S(=O)(NCc1ccc(C2O[C@H](CSc3nc(-c4ccccc4)c(-c4ccccc4)o3)[C@@H](c3ccccc3)[C@H](c3ccc(CO)cc3)O2)cc1)c1cccc2cccnc12. The Hall–Kier alpha value is -5.92. The van der Waals surface area contributed by atoms with Crippen LogP contribution in [0.4, 0.5) is 0 Å². The summed E-state index contributed by atoms with van der Waals surface area (Å²) in [4.78, 5) is 9.48. The molecule has 8 aromatic rings. The molecular formula is C49H41N3O6S2. The summed E-state index contributed by atoms with van der Waals surface area (Å²) in [5.74, 6) is 0.980. The minimum Gasteiger partial charge on any atom is -0.431 e. The Balaban J connectivity index is 1.01. The average Bonchev–Trinajstić information content (AvgIpc) is 3.75. The number of benzene rings is 6. The van der Waals surface area contributed by atoms with E-state index in [4.69, 9.17) is 18.9 Å². The zero-order chi connectivity index (χ0) is 40.9. The highest BCUT2D eigenvalue weighted by Crippen LogP contribution is 2.48. The van der Waals surface area contributed by atoms with Crippen LogP contribution in [0.5, 0.6) is 0 Å². The van der Waals surface area contributed by atoms with Crippen LogP contribution in [0.25, 0.3) is 33.5 Å². The lowest BCUT2D eigenvalue weighted by molar-refractivity contribution is -0.255. The van der Waals surface area contributed by atoms with Gasteiger partial charge in [-0.2, -0.15) is 0 Å². The third-order valence-corrected chi connectivity index (χ3v) is 13.0. The summed E-state index contributed by atoms with van der Waals surface area (Å²) in [5, 5.41) is 11.1. The molecule has 9 rings (SSSR count). The van der Waals surface area contributed by atoms with E-state index in [1.165, 1.54) is 11.8 Å². The molecule has 1 fully saturated rings. The highest BCUT2D eigenvalue weighted by molar-refractivity contribution is 7.99. The molecule has 0 spiro atoms. The minimum atomic E-state index is -3.85. The van der Waals surface area contributed by atoms with E-state index in [0.29, 0.717) is 22.3 Å².